The molecule has 1 saturated carbocycles. The Hall–Kier alpha value is -2.53. The van der Waals surface area contributed by atoms with E-state index in [1.54, 1.807) is 0 Å². The zero-order chi connectivity index (χ0) is 17.1. The summed E-state index contributed by atoms with van der Waals surface area (Å²) in [7, 11) is 0. The van der Waals surface area contributed by atoms with Gasteiger partial charge in [0, 0.05) is 12.6 Å². The molecule has 5 nitrogen and oxygen atoms in total. The molecule has 0 saturated heterocycles. The highest BCUT2D eigenvalue weighted by molar-refractivity contribution is 5.83. The zero-order valence-corrected chi connectivity index (χ0v) is 14.0. The van der Waals surface area contributed by atoms with E-state index in [1.807, 2.05) is 54.6 Å². The number of carbonyl (C=O) groups is 1. The molecule has 2 aromatic carbocycles. The first-order valence-corrected chi connectivity index (χ1v) is 8.77. The Morgan fingerprint density at radius 2 is 1.76 bits per heavy atom. The molecule has 0 bridgehead atoms. The lowest BCUT2D eigenvalue weighted by molar-refractivity contribution is -0.123. The smallest absolute Gasteiger partial charge is 0.241 e. The number of hydrogen-bond acceptors (Lipinski definition) is 4. The third-order valence-corrected chi connectivity index (χ3v) is 4.44. The molecule has 1 aliphatic carbocycles. The van der Waals surface area contributed by atoms with Crippen molar-refractivity contribution in [2.24, 2.45) is 0 Å². The summed E-state index contributed by atoms with van der Waals surface area (Å²) in [5, 5.41) is 6.43. The number of para-hydroxylation sites is 2. The van der Waals surface area contributed by atoms with E-state index >= 15 is 0 Å². The summed E-state index contributed by atoms with van der Waals surface area (Å²) in [6.45, 7) is 1.00. The number of ether oxygens (including phenoxy) is 2. The molecular formula is C20H22N2O3. The number of fused-ring (bicyclic) bond motifs is 1. The molecule has 1 heterocycles. The van der Waals surface area contributed by atoms with Crippen LogP contribution in [0.1, 0.15) is 24.4 Å². The summed E-state index contributed by atoms with van der Waals surface area (Å²) >= 11 is 0. The monoisotopic (exact) mass is 338 g/mol. The van der Waals surface area contributed by atoms with Crippen molar-refractivity contribution in [3.8, 4) is 11.5 Å². The van der Waals surface area contributed by atoms with Gasteiger partial charge in [0.25, 0.3) is 0 Å². The van der Waals surface area contributed by atoms with Crippen LogP contribution < -0.4 is 20.1 Å². The van der Waals surface area contributed by atoms with E-state index in [9.17, 15) is 4.79 Å². The van der Waals surface area contributed by atoms with Gasteiger partial charge < -0.3 is 14.8 Å². The van der Waals surface area contributed by atoms with Crippen LogP contribution >= 0.6 is 0 Å². The molecule has 2 aromatic rings. The first-order chi connectivity index (χ1) is 12.3. The van der Waals surface area contributed by atoms with E-state index in [-0.39, 0.29) is 18.1 Å². The molecule has 1 amide bonds. The van der Waals surface area contributed by atoms with Crippen molar-refractivity contribution in [2.45, 2.75) is 31.0 Å². The van der Waals surface area contributed by atoms with Crippen LogP contribution in [0.4, 0.5) is 0 Å². The average molecular weight is 338 g/mol. The van der Waals surface area contributed by atoms with Crippen molar-refractivity contribution >= 4 is 5.91 Å². The van der Waals surface area contributed by atoms with Gasteiger partial charge in [-0.05, 0) is 30.5 Å². The lowest BCUT2D eigenvalue weighted by atomic mass is 10.1. The van der Waals surface area contributed by atoms with Gasteiger partial charge in [0.05, 0.1) is 0 Å². The predicted molar refractivity (Wildman–Crippen MR) is 94.7 cm³/mol. The Bertz CT molecular complexity index is 731. The maximum atomic E-state index is 12.6. The second-order valence-electron chi connectivity index (χ2n) is 6.53. The van der Waals surface area contributed by atoms with Gasteiger partial charge in [-0.1, -0.05) is 42.5 Å². The minimum Gasteiger partial charge on any atom is -0.486 e. The molecule has 5 heteroatoms. The van der Waals surface area contributed by atoms with Gasteiger partial charge in [-0.25, -0.2) is 0 Å². The molecule has 2 atom stereocenters. The van der Waals surface area contributed by atoms with E-state index in [0.717, 1.165) is 29.9 Å². The highest BCUT2D eigenvalue weighted by Gasteiger charge is 2.29. The summed E-state index contributed by atoms with van der Waals surface area (Å²) < 4.78 is 11.7. The predicted octanol–water partition coefficient (Wildman–Crippen LogP) is 2.44. The topological polar surface area (TPSA) is 59.6 Å². The summed E-state index contributed by atoms with van der Waals surface area (Å²) in [4.78, 5) is 12.6. The third kappa shape index (κ3) is 3.94. The van der Waals surface area contributed by atoms with Crippen LogP contribution in [0, 0.1) is 0 Å². The number of amides is 1. The lowest BCUT2D eigenvalue weighted by Crippen LogP contribution is -2.44. The van der Waals surface area contributed by atoms with Gasteiger partial charge in [0.15, 0.2) is 11.5 Å². The van der Waals surface area contributed by atoms with E-state index in [1.165, 1.54) is 0 Å². The maximum absolute atomic E-state index is 12.6. The van der Waals surface area contributed by atoms with Crippen LogP contribution in [0.5, 0.6) is 11.5 Å². The standard InChI is InChI=1S/C20H22N2O3/c23-20(22-15-10-11-15)19(14-6-2-1-3-7-14)21-12-16-13-24-17-8-4-5-9-18(17)25-16/h1-9,15-16,19,21H,10-13H2,(H,22,23)/t16-,19+/m1/s1. The number of nitrogens with one attached hydrogen (secondary N) is 2. The molecule has 2 N–H and O–H groups in total. The summed E-state index contributed by atoms with van der Waals surface area (Å²) in [5.74, 6) is 1.54. The summed E-state index contributed by atoms with van der Waals surface area (Å²) in [6.07, 6.45) is 2.02. The van der Waals surface area contributed by atoms with Crippen molar-refractivity contribution in [1.82, 2.24) is 10.6 Å². The van der Waals surface area contributed by atoms with Crippen LogP contribution in [0.25, 0.3) is 0 Å². The Balaban J connectivity index is 1.41. The molecule has 2 aliphatic rings. The molecular weight excluding hydrogens is 316 g/mol. The highest BCUT2D eigenvalue weighted by Crippen LogP contribution is 2.31. The highest BCUT2D eigenvalue weighted by atomic mass is 16.6. The van der Waals surface area contributed by atoms with Crippen LogP contribution in [-0.2, 0) is 4.79 Å². The Kier molecular flexibility index (Phi) is 4.57. The van der Waals surface area contributed by atoms with Crippen molar-refractivity contribution < 1.29 is 14.3 Å². The van der Waals surface area contributed by atoms with Crippen molar-refractivity contribution in [3.63, 3.8) is 0 Å². The number of benzene rings is 2. The van der Waals surface area contributed by atoms with Crippen LogP contribution in [0.15, 0.2) is 54.6 Å². The van der Waals surface area contributed by atoms with Crippen molar-refractivity contribution in [2.75, 3.05) is 13.2 Å². The molecule has 1 aliphatic heterocycles. The first kappa shape index (κ1) is 16.0. The van der Waals surface area contributed by atoms with Crippen molar-refractivity contribution in [1.29, 1.82) is 0 Å². The molecule has 4 rings (SSSR count). The van der Waals surface area contributed by atoms with Gasteiger partial charge >= 0.3 is 0 Å². The molecule has 0 radical (unpaired) electrons. The fraction of sp³-hybridized carbons (Fsp3) is 0.350. The lowest BCUT2D eigenvalue weighted by Gasteiger charge is -2.28. The molecule has 130 valence electrons. The van der Waals surface area contributed by atoms with E-state index in [2.05, 4.69) is 10.6 Å². The molecule has 1 fully saturated rings. The Morgan fingerprint density at radius 1 is 1.04 bits per heavy atom. The van der Waals surface area contributed by atoms with Gasteiger partial charge in [0.2, 0.25) is 5.91 Å². The second kappa shape index (κ2) is 7.15. The second-order valence-corrected chi connectivity index (χ2v) is 6.53. The third-order valence-electron chi connectivity index (χ3n) is 4.44. The quantitative estimate of drug-likeness (QED) is 0.849. The van der Waals surface area contributed by atoms with E-state index < -0.39 is 0 Å². The van der Waals surface area contributed by atoms with Crippen LogP contribution in [0.2, 0.25) is 0 Å². The van der Waals surface area contributed by atoms with Crippen LogP contribution in [-0.4, -0.2) is 31.2 Å². The van der Waals surface area contributed by atoms with Crippen LogP contribution in [0.3, 0.4) is 0 Å². The van der Waals surface area contributed by atoms with Crippen molar-refractivity contribution in [3.05, 3.63) is 60.2 Å². The molecule has 25 heavy (non-hydrogen) atoms. The summed E-state index contributed by atoms with van der Waals surface area (Å²) in [6, 6.07) is 17.4. The Morgan fingerprint density at radius 3 is 2.52 bits per heavy atom. The summed E-state index contributed by atoms with van der Waals surface area (Å²) in [5.41, 5.74) is 0.956. The molecule has 0 aromatic heterocycles. The van der Waals surface area contributed by atoms with Gasteiger partial charge in [-0.2, -0.15) is 0 Å². The minimum atomic E-state index is -0.387. The first-order valence-electron chi connectivity index (χ1n) is 8.77. The SMILES string of the molecule is O=C(NC1CC1)[C@@H](NC[C@@H]1COc2ccccc2O1)c1ccccc1. The molecule has 0 unspecified atom stereocenters. The fourth-order valence-electron chi connectivity index (χ4n) is 2.93. The molecule has 0 spiro atoms. The normalized spacial score (nSPS) is 19.9. The largest absolute Gasteiger partial charge is 0.486 e. The fourth-order valence-corrected chi connectivity index (χ4v) is 2.93. The zero-order valence-electron chi connectivity index (χ0n) is 14.0. The van der Waals surface area contributed by atoms with Gasteiger partial charge in [-0.15, -0.1) is 0 Å². The number of hydrogen-bond donors (Lipinski definition) is 2. The average Bonchev–Trinajstić information content (AvgIpc) is 3.46. The van der Waals surface area contributed by atoms with E-state index in [0.29, 0.717) is 19.2 Å². The van der Waals surface area contributed by atoms with Gasteiger partial charge in [-0.3, -0.25) is 10.1 Å². The number of rotatable bonds is 6. The maximum Gasteiger partial charge on any atom is 0.241 e. The minimum absolute atomic E-state index is 0.0193. The number of carbonyl (C=O) groups excluding carboxylic acids is 1. The van der Waals surface area contributed by atoms with Gasteiger partial charge in [0.1, 0.15) is 18.8 Å². The Labute approximate surface area is 147 Å². The van der Waals surface area contributed by atoms with E-state index in [4.69, 9.17) is 9.47 Å².